The van der Waals surface area contributed by atoms with Gasteiger partial charge in [-0.2, -0.15) is 0 Å². The molecule has 1 aliphatic rings. The summed E-state index contributed by atoms with van der Waals surface area (Å²) in [7, 11) is 0. The van der Waals surface area contributed by atoms with Crippen LogP contribution in [0.3, 0.4) is 0 Å². The van der Waals surface area contributed by atoms with Gasteiger partial charge in [-0.15, -0.1) is 0 Å². The van der Waals surface area contributed by atoms with E-state index in [1.54, 1.807) is 6.20 Å². The Bertz CT molecular complexity index is 684. The molecule has 0 bridgehead atoms. The number of hydrogen-bond donors (Lipinski definition) is 1. The van der Waals surface area contributed by atoms with E-state index in [0.717, 1.165) is 17.3 Å². The number of nitrogens with zero attached hydrogens (tertiary/aromatic N) is 2. The first kappa shape index (κ1) is 14.6. The molecule has 1 N–H and O–H groups in total. The van der Waals surface area contributed by atoms with Crippen molar-refractivity contribution in [2.45, 2.75) is 19.8 Å². The number of carbonyl (C=O) groups excluding carboxylic acids is 2. The van der Waals surface area contributed by atoms with Crippen molar-refractivity contribution in [3.05, 3.63) is 36.0 Å². The zero-order chi connectivity index (χ0) is 15.5. The van der Waals surface area contributed by atoms with E-state index >= 15 is 0 Å². The van der Waals surface area contributed by atoms with Gasteiger partial charge in [0.25, 0.3) is 5.91 Å². The van der Waals surface area contributed by atoms with Gasteiger partial charge >= 0.3 is 0 Å². The number of H-pyrrole nitrogens is 1. The van der Waals surface area contributed by atoms with Crippen molar-refractivity contribution in [1.82, 2.24) is 14.8 Å². The average Bonchev–Trinajstić information content (AvgIpc) is 2.98. The summed E-state index contributed by atoms with van der Waals surface area (Å²) < 4.78 is 0. The lowest BCUT2D eigenvalue weighted by Gasteiger charge is -2.34. The van der Waals surface area contributed by atoms with Gasteiger partial charge in [0.2, 0.25) is 5.91 Å². The third-order valence-electron chi connectivity index (χ3n) is 4.20. The van der Waals surface area contributed by atoms with Gasteiger partial charge in [0.05, 0.1) is 5.56 Å². The number of aromatic nitrogens is 1. The van der Waals surface area contributed by atoms with Crippen LogP contribution in [0.15, 0.2) is 30.5 Å². The van der Waals surface area contributed by atoms with E-state index in [-0.39, 0.29) is 11.8 Å². The molecule has 0 unspecified atom stereocenters. The molecule has 1 aromatic heterocycles. The summed E-state index contributed by atoms with van der Waals surface area (Å²) in [5.41, 5.74) is 1.69. The highest BCUT2D eigenvalue weighted by Crippen LogP contribution is 2.20. The van der Waals surface area contributed by atoms with E-state index in [1.165, 1.54) is 0 Å². The van der Waals surface area contributed by atoms with Gasteiger partial charge < -0.3 is 14.8 Å². The molecule has 1 aromatic carbocycles. The van der Waals surface area contributed by atoms with Crippen LogP contribution in [0.1, 0.15) is 30.1 Å². The fourth-order valence-electron chi connectivity index (χ4n) is 2.95. The number of benzene rings is 1. The second-order valence-corrected chi connectivity index (χ2v) is 5.67. The maximum absolute atomic E-state index is 12.7. The third kappa shape index (κ3) is 2.71. The molecule has 0 atom stereocenters. The highest BCUT2D eigenvalue weighted by Gasteiger charge is 2.25. The number of hydrogen-bond acceptors (Lipinski definition) is 2. The number of fused-ring (bicyclic) bond motifs is 1. The van der Waals surface area contributed by atoms with Crippen LogP contribution in [0.5, 0.6) is 0 Å². The van der Waals surface area contributed by atoms with Crippen LogP contribution in [0.25, 0.3) is 10.9 Å². The van der Waals surface area contributed by atoms with Crippen LogP contribution >= 0.6 is 0 Å². The van der Waals surface area contributed by atoms with Gasteiger partial charge in [0, 0.05) is 49.7 Å². The van der Waals surface area contributed by atoms with Crippen molar-refractivity contribution in [3.63, 3.8) is 0 Å². The topological polar surface area (TPSA) is 56.4 Å². The lowest BCUT2D eigenvalue weighted by Crippen LogP contribution is -2.50. The van der Waals surface area contributed by atoms with Crippen molar-refractivity contribution in [3.8, 4) is 0 Å². The maximum Gasteiger partial charge on any atom is 0.256 e. The number of para-hydroxylation sites is 1. The molecule has 1 saturated heterocycles. The number of rotatable bonds is 3. The molecule has 2 aromatic rings. The SMILES string of the molecule is CCCC(=O)N1CCN(C(=O)c2c[nH]c3ccccc23)CC1. The first-order valence-corrected chi connectivity index (χ1v) is 7.84. The third-order valence-corrected chi connectivity index (χ3v) is 4.20. The van der Waals surface area contributed by atoms with E-state index in [2.05, 4.69) is 4.98 Å². The van der Waals surface area contributed by atoms with Gasteiger partial charge in [-0.3, -0.25) is 9.59 Å². The lowest BCUT2D eigenvalue weighted by atomic mass is 10.1. The molecular weight excluding hydrogens is 278 g/mol. The monoisotopic (exact) mass is 299 g/mol. The minimum atomic E-state index is 0.0417. The van der Waals surface area contributed by atoms with Crippen molar-refractivity contribution < 1.29 is 9.59 Å². The zero-order valence-corrected chi connectivity index (χ0v) is 12.8. The van der Waals surface area contributed by atoms with E-state index in [1.807, 2.05) is 41.0 Å². The van der Waals surface area contributed by atoms with Crippen LogP contribution in [0.4, 0.5) is 0 Å². The Balaban J connectivity index is 1.69. The van der Waals surface area contributed by atoms with Crippen LogP contribution < -0.4 is 0 Å². The number of piperazine rings is 1. The molecule has 5 heteroatoms. The molecule has 0 saturated carbocycles. The first-order valence-electron chi connectivity index (χ1n) is 7.84. The molecular formula is C17H21N3O2. The first-order chi connectivity index (χ1) is 10.7. The van der Waals surface area contributed by atoms with Crippen molar-refractivity contribution >= 4 is 22.7 Å². The van der Waals surface area contributed by atoms with Crippen molar-refractivity contribution in [2.24, 2.45) is 0 Å². The summed E-state index contributed by atoms with van der Waals surface area (Å²) in [6, 6.07) is 7.81. The number of carbonyl (C=O) groups is 2. The summed E-state index contributed by atoms with van der Waals surface area (Å²) in [6.45, 7) is 4.48. The highest BCUT2D eigenvalue weighted by molar-refractivity contribution is 6.06. The minimum Gasteiger partial charge on any atom is -0.360 e. The molecule has 1 fully saturated rings. The molecule has 0 aliphatic carbocycles. The number of aromatic amines is 1. The van der Waals surface area contributed by atoms with Crippen LogP contribution in [0.2, 0.25) is 0 Å². The summed E-state index contributed by atoms with van der Waals surface area (Å²) in [5, 5.41) is 0.956. The fraction of sp³-hybridized carbons (Fsp3) is 0.412. The zero-order valence-electron chi connectivity index (χ0n) is 12.8. The van der Waals surface area contributed by atoms with Gasteiger partial charge in [0.1, 0.15) is 0 Å². The van der Waals surface area contributed by atoms with E-state index in [4.69, 9.17) is 0 Å². The Morgan fingerprint density at radius 1 is 1.09 bits per heavy atom. The lowest BCUT2D eigenvalue weighted by molar-refractivity contribution is -0.132. The van der Waals surface area contributed by atoms with E-state index in [9.17, 15) is 9.59 Å². The number of amides is 2. The second-order valence-electron chi connectivity index (χ2n) is 5.67. The smallest absolute Gasteiger partial charge is 0.256 e. The predicted octanol–water partition coefficient (Wildman–Crippen LogP) is 2.25. The average molecular weight is 299 g/mol. The molecule has 1 aliphatic heterocycles. The largest absolute Gasteiger partial charge is 0.360 e. The normalized spacial score (nSPS) is 15.3. The molecule has 0 radical (unpaired) electrons. The molecule has 2 amide bonds. The Labute approximate surface area is 129 Å². The Morgan fingerprint density at radius 3 is 2.50 bits per heavy atom. The molecule has 5 nitrogen and oxygen atoms in total. The molecule has 2 heterocycles. The summed E-state index contributed by atoms with van der Waals surface area (Å²) >= 11 is 0. The second kappa shape index (κ2) is 6.22. The van der Waals surface area contributed by atoms with Crippen LogP contribution in [0, 0.1) is 0 Å². The summed E-state index contributed by atoms with van der Waals surface area (Å²) in [6.07, 6.45) is 3.24. The van der Waals surface area contributed by atoms with Gasteiger partial charge in [-0.1, -0.05) is 25.1 Å². The van der Waals surface area contributed by atoms with Gasteiger partial charge in [-0.25, -0.2) is 0 Å². The molecule has 3 rings (SSSR count). The fourth-order valence-corrected chi connectivity index (χ4v) is 2.95. The Hall–Kier alpha value is -2.30. The van der Waals surface area contributed by atoms with Crippen molar-refractivity contribution in [1.29, 1.82) is 0 Å². The Morgan fingerprint density at radius 2 is 1.77 bits per heavy atom. The van der Waals surface area contributed by atoms with Crippen LogP contribution in [-0.4, -0.2) is 52.8 Å². The van der Waals surface area contributed by atoms with Gasteiger partial charge in [-0.05, 0) is 12.5 Å². The molecule has 0 spiro atoms. The molecule has 116 valence electrons. The minimum absolute atomic E-state index is 0.0417. The van der Waals surface area contributed by atoms with Gasteiger partial charge in [0.15, 0.2) is 0 Å². The predicted molar refractivity (Wildman–Crippen MR) is 85.7 cm³/mol. The highest BCUT2D eigenvalue weighted by atomic mass is 16.2. The summed E-state index contributed by atoms with van der Waals surface area (Å²) in [4.78, 5) is 31.4. The maximum atomic E-state index is 12.7. The molecule has 22 heavy (non-hydrogen) atoms. The quantitative estimate of drug-likeness (QED) is 0.945. The van der Waals surface area contributed by atoms with Crippen LogP contribution in [-0.2, 0) is 4.79 Å². The summed E-state index contributed by atoms with van der Waals surface area (Å²) in [5.74, 6) is 0.238. The number of nitrogens with one attached hydrogen (secondary N) is 1. The van der Waals surface area contributed by atoms with E-state index < -0.39 is 0 Å². The van der Waals surface area contributed by atoms with E-state index in [0.29, 0.717) is 38.2 Å². The standard InChI is InChI=1S/C17H21N3O2/c1-2-5-16(21)19-8-10-20(11-9-19)17(22)14-12-18-15-7-4-3-6-13(14)15/h3-4,6-7,12,18H,2,5,8-11H2,1H3. The Kier molecular flexibility index (Phi) is 4.13. The van der Waals surface area contributed by atoms with Crippen molar-refractivity contribution in [2.75, 3.05) is 26.2 Å².